The van der Waals surface area contributed by atoms with Gasteiger partial charge in [-0.25, -0.2) is 4.79 Å². The average Bonchev–Trinajstić information content (AvgIpc) is 2.89. The van der Waals surface area contributed by atoms with Crippen LogP contribution >= 0.6 is 0 Å². The first-order valence-electron chi connectivity index (χ1n) is 12.1. The minimum Gasteiger partial charge on any atom is -0.466 e. The Morgan fingerprint density at radius 3 is 2.18 bits per heavy atom. The minimum atomic E-state index is -0.648. The molecule has 0 saturated carbocycles. The Balaban J connectivity index is 2.37. The Bertz CT molecular complexity index is 811. The van der Waals surface area contributed by atoms with Crippen LogP contribution in [0.25, 0.3) is 0 Å². The molecule has 1 aromatic rings. The maximum atomic E-state index is 13.3. The van der Waals surface area contributed by atoms with E-state index in [0.29, 0.717) is 36.6 Å². The van der Waals surface area contributed by atoms with Gasteiger partial charge in [0.05, 0.1) is 17.8 Å². The molecule has 192 valence electrons. The third-order valence-corrected chi connectivity index (χ3v) is 5.91. The molecule has 0 N–H and O–H groups in total. The van der Waals surface area contributed by atoms with Gasteiger partial charge in [0.1, 0.15) is 16.9 Å². The van der Waals surface area contributed by atoms with Crippen molar-refractivity contribution in [3.05, 3.63) is 28.8 Å². The molecule has 0 amide bonds. The summed E-state index contributed by atoms with van der Waals surface area (Å²) in [5, 5.41) is 0. The Morgan fingerprint density at radius 2 is 1.65 bits per heavy atom. The molecule has 1 fully saturated rings. The van der Waals surface area contributed by atoms with Crippen molar-refractivity contribution in [2.45, 2.75) is 98.5 Å². The van der Waals surface area contributed by atoms with Crippen LogP contribution in [0, 0.1) is 5.92 Å². The Hall–Kier alpha value is -1.61. The number of rotatable bonds is 11. The second-order valence-corrected chi connectivity index (χ2v) is 11.3. The number of hydrogen-bond donors (Lipinski definition) is 0. The van der Waals surface area contributed by atoms with Gasteiger partial charge in [-0.1, -0.05) is 26.0 Å². The summed E-state index contributed by atoms with van der Waals surface area (Å²) >= 11 is 0. The first-order chi connectivity index (χ1) is 15.7. The maximum absolute atomic E-state index is 13.3. The van der Waals surface area contributed by atoms with Crippen LogP contribution in [0.15, 0.2) is 12.1 Å². The lowest BCUT2D eigenvalue weighted by molar-refractivity contribution is 0.00484. The van der Waals surface area contributed by atoms with Gasteiger partial charge in [0.15, 0.2) is 6.79 Å². The van der Waals surface area contributed by atoms with Gasteiger partial charge in [-0.2, -0.15) is 0 Å². The summed E-state index contributed by atoms with van der Waals surface area (Å²) in [4.78, 5) is 13.3. The number of benzene rings is 1. The molecule has 0 aliphatic carbocycles. The van der Waals surface area contributed by atoms with Crippen LogP contribution in [0.1, 0.15) is 83.8 Å². The van der Waals surface area contributed by atoms with E-state index in [1.54, 1.807) is 7.11 Å². The van der Waals surface area contributed by atoms with Crippen molar-refractivity contribution in [3.8, 4) is 5.75 Å². The van der Waals surface area contributed by atoms with Gasteiger partial charge in [0, 0.05) is 13.7 Å². The number of hydrogen-bond acceptors (Lipinski definition) is 7. The molecule has 1 aliphatic rings. The molecule has 0 radical (unpaired) electrons. The SMILES string of the molecule is COCOc1c(CCB2OC(C)(C)C(C)(C)O2)ccc(COCC(C)C)c1C(=O)OC(C)(C)C. The van der Waals surface area contributed by atoms with Crippen molar-refractivity contribution < 1.29 is 33.1 Å². The molecule has 0 bridgehead atoms. The van der Waals surface area contributed by atoms with Crippen molar-refractivity contribution in [2.75, 3.05) is 20.5 Å². The van der Waals surface area contributed by atoms with Gasteiger partial charge in [0.2, 0.25) is 0 Å². The summed E-state index contributed by atoms with van der Waals surface area (Å²) in [5.41, 5.74) is 0.519. The quantitative estimate of drug-likeness (QED) is 0.239. The summed E-state index contributed by atoms with van der Waals surface area (Å²) in [6.45, 7) is 18.7. The number of methoxy groups -OCH3 is 1. The molecular formula is C26H43BO7. The van der Waals surface area contributed by atoms with Gasteiger partial charge >= 0.3 is 13.1 Å². The van der Waals surface area contributed by atoms with E-state index in [0.717, 1.165) is 11.1 Å². The lowest BCUT2D eigenvalue weighted by atomic mass is 9.81. The largest absolute Gasteiger partial charge is 0.466 e. The number of aryl methyl sites for hydroxylation is 1. The zero-order chi connectivity index (χ0) is 25.7. The van der Waals surface area contributed by atoms with Crippen molar-refractivity contribution in [2.24, 2.45) is 5.92 Å². The fourth-order valence-corrected chi connectivity index (χ4v) is 3.58. The summed E-state index contributed by atoms with van der Waals surface area (Å²) in [5.74, 6) is 0.394. The summed E-state index contributed by atoms with van der Waals surface area (Å²) < 4.78 is 35.0. The Labute approximate surface area is 205 Å². The van der Waals surface area contributed by atoms with Gasteiger partial charge in [-0.15, -0.1) is 0 Å². The highest BCUT2D eigenvalue weighted by molar-refractivity contribution is 6.45. The van der Waals surface area contributed by atoms with Crippen LogP contribution in [0.2, 0.25) is 6.32 Å². The molecule has 0 spiro atoms. The van der Waals surface area contributed by atoms with E-state index in [1.165, 1.54) is 0 Å². The molecule has 1 aromatic carbocycles. The predicted molar refractivity (Wildman–Crippen MR) is 133 cm³/mol. The Kier molecular flexibility index (Phi) is 9.62. The highest BCUT2D eigenvalue weighted by Gasteiger charge is 2.50. The highest BCUT2D eigenvalue weighted by atomic mass is 16.7. The van der Waals surface area contributed by atoms with Crippen molar-refractivity contribution in [1.29, 1.82) is 0 Å². The topological polar surface area (TPSA) is 72.5 Å². The van der Waals surface area contributed by atoms with E-state index >= 15 is 0 Å². The second-order valence-electron chi connectivity index (χ2n) is 11.3. The summed E-state index contributed by atoms with van der Waals surface area (Å²) in [6.07, 6.45) is 1.21. The summed E-state index contributed by atoms with van der Waals surface area (Å²) in [6, 6.07) is 3.89. The van der Waals surface area contributed by atoms with Crippen LogP contribution in [-0.4, -0.2) is 50.4 Å². The maximum Gasteiger partial charge on any atom is 0.458 e. The molecule has 1 saturated heterocycles. The van der Waals surface area contributed by atoms with Gasteiger partial charge < -0.3 is 28.3 Å². The van der Waals surface area contributed by atoms with Crippen LogP contribution in [0.5, 0.6) is 5.75 Å². The number of esters is 1. The molecule has 8 heteroatoms. The van der Waals surface area contributed by atoms with E-state index in [-0.39, 0.29) is 20.5 Å². The molecule has 0 unspecified atom stereocenters. The van der Waals surface area contributed by atoms with E-state index < -0.39 is 22.8 Å². The number of carbonyl (C=O) groups is 1. The standard InChI is InChI=1S/C26H43BO7/c1-18(2)15-30-16-20-12-11-19(13-14-27-33-25(6,7)26(8,9)34-27)22(31-17-29-10)21(20)23(28)32-24(3,4)5/h11-12,18H,13-17H2,1-10H3. The third kappa shape index (κ3) is 7.70. The van der Waals surface area contributed by atoms with Crippen LogP contribution in [0.3, 0.4) is 0 Å². The second kappa shape index (κ2) is 11.4. The fourth-order valence-electron chi connectivity index (χ4n) is 3.58. The molecule has 0 atom stereocenters. The monoisotopic (exact) mass is 478 g/mol. The van der Waals surface area contributed by atoms with E-state index in [1.807, 2.05) is 60.6 Å². The highest BCUT2D eigenvalue weighted by Crippen LogP contribution is 2.39. The van der Waals surface area contributed by atoms with Crippen LogP contribution in [0.4, 0.5) is 0 Å². The van der Waals surface area contributed by atoms with Gasteiger partial charge in [-0.3, -0.25) is 0 Å². The molecular weight excluding hydrogens is 435 g/mol. The van der Waals surface area contributed by atoms with Crippen molar-refractivity contribution in [3.63, 3.8) is 0 Å². The number of ether oxygens (including phenoxy) is 4. The van der Waals surface area contributed by atoms with E-state index in [2.05, 4.69) is 13.8 Å². The lowest BCUT2D eigenvalue weighted by Gasteiger charge is -2.32. The molecule has 1 heterocycles. The zero-order valence-electron chi connectivity index (χ0n) is 22.7. The molecule has 2 rings (SSSR count). The molecule has 7 nitrogen and oxygen atoms in total. The normalized spacial score (nSPS) is 17.3. The van der Waals surface area contributed by atoms with Crippen LogP contribution in [-0.2, 0) is 36.5 Å². The van der Waals surface area contributed by atoms with E-state index in [9.17, 15) is 4.79 Å². The lowest BCUT2D eigenvalue weighted by Crippen LogP contribution is -2.41. The molecule has 34 heavy (non-hydrogen) atoms. The van der Waals surface area contributed by atoms with Crippen molar-refractivity contribution >= 4 is 13.1 Å². The molecule has 1 aliphatic heterocycles. The fraction of sp³-hybridized carbons (Fsp3) is 0.731. The van der Waals surface area contributed by atoms with Crippen molar-refractivity contribution in [1.82, 2.24) is 0 Å². The first kappa shape index (κ1) is 28.6. The smallest absolute Gasteiger partial charge is 0.458 e. The third-order valence-electron chi connectivity index (χ3n) is 5.91. The molecule has 0 aromatic heterocycles. The average molecular weight is 478 g/mol. The van der Waals surface area contributed by atoms with E-state index in [4.69, 9.17) is 28.3 Å². The van der Waals surface area contributed by atoms with Crippen LogP contribution < -0.4 is 4.74 Å². The van der Waals surface area contributed by atoms with Gasteiger partial charge in [-0.05, 0) is 78.3 Å². The summed E-state index contributed by atoms with van der Waals surface area (Å²) in [7, 11) is 1.20. The minimum absolute atomic E-state index is 0.00952. The first-order valence-corrected chi connectivity index (χ1v) is 12.1. The predicted octanol–water partition coefficient (Wildman–Crippen LogP) is 5.43. The zero-order valence-corrected chi connectivity index (χ0v) is 22.7. The number of carbonyl (C=O) groups excluding carboxylic acids is 1. The van der Waals surface area contributed by atoms with Gasteiger partial charge in [0.25, 0.3) is 0 Å². The Morgan fingerprint density at radius 1 is 1.06 bits per heavy atom.